The molecule has 8 aromatic carbocycles. The number of H-pyrrole nitrogens is 2. The molecule has 0 bridgehead atoms. The number of benzene rings is 8. The van der Waals surface area contributed by atoms with E-state index in [1.165, 1.54) is 69.3 Å². The van der Waals surface area contributed by atoms with E-state index in [0.717, 1.165) is 34.2 Å². The Labute approximate surface area is 764 Å². The fourth-order valence-corrected chi connectivity index (χ4v) is 20.2. The van der Waals surface area contributed by atoms with E-state index in [1.807, 2.05) is 121 Å². The molecule has 0 radical (unpaired) electrons. The molecule has 696 valence electrons. The van der Waals surface area contributed by atoms with E-state index in [-0.39, 0.29) is 69.3 Å². The van der Waals surface area contributed by atoms with Gasteiger partial charge in [-0.2, -0.15) is 0 Å². The number of hydrogen-bond donors (Lipinski definition) is 5. The second kappa shape index (κ2) is 40.2. The average molecular weight is 1820 g/mol. The molecular weight excluding hydrogens is 1720 g/mol. The summed E-state index contributed by atoms with van der Waals surface area (Å²) in [6.45, 7) is 8.88. The Morgan fingerprint density at radius 3 is 1.02 bits per heavy atom. The van der Waals surface area contributed by atoms with Crippen LogP contribution < -0.4 is 0 Å². The van der Waals surface area contributed by atoms with Gasteiger partial charge in [-0.1, -0.05) is 121 Å². The first kappa shape index (κ1) is 91.8. The lowest BCUT2D eigenvalue weighted by molar-refractivity contribution is -0.258. The third-order valence-electron chi connectivity index (χ3n) is 26.4. The van der Waals surface area contributed by atoms with Crippen molar-refractivity contribution in [1.82, 2.24) is 38.7 Å². The first-order valence-corrected chi connectivity index (χ1v) is 45.3. The molecule has 0 aliphatic carbocycles. The van der Waals surface area contributed by atoms with Crippen LogP contribution in [0.4, 0.5) is 36.7 Å². The molecule has 31 heteroatoms. The van der Waals surface area contributed by atoms with Crippen LogP contribution in [0.2, 0.25) is 0 Å². The molecule has 27 nitrogen and oxygen atoms in total. The van der Waals surface area contributed by atoms with Crippen LogP contribution in [0.1, 0.15) is 143 Å². The van der Waals surface area contributed by atoms with Crippen molar-refractivity contribution in [3.05, 3.63) is 262 Å². The van der Waals surface area contributed by atoms with Crippen molar-refractivity contribution in [3.63, 3.8) is 0 Å². The number of aliphatic hydroxyl groups is 3. The number of nitrogens with zero attached hydrogens (tertiary/aromatic N) is 6. The smallest absolute Gasteiger partial charge is 0.410 e. The number of esters is 3. The Morgan fingerprint density at radius 2 is 0.669 bits per heavy atom. The lowest BCUT2D eigenvalue weighted by Crippen LogP contribution is -2.58. The Kier molecular flexibility index (Phi) is 27.7. The number of hydrogen-bond acceptors (Lipinski definition) is 19. The Bertz CT molecular complexity index is 6260. The zero-order valence-corrected chi connectivity index (χ0v) is 74.3. The summed E-state index contributed by atoms with van der Waals surface area (Å²) in [5.74, 6) is -4.40. The number of fused-ring (bicyclic) bond motifs is 4. The summed E-state index contributed by atoms with van der Waals surface area (Å²) in [6.07, 6.45) is -8.95. The van der Waals surface area contributed by atoms with Gasteiger partial charge in [0.2, 0.25) is 0 Å². The summed E-state index contributed by atoms with van der Waals surface area (Å²) in [5, 5.41) is 36.2. The SMILES string of the molecule is CC(=O)O[C@@H]1[C@H](OC(C)=O)[C@H](C)O[C@H](n2c(-c3[nH]c4cc(F)ccc4c3C[C@@H]3CCCN3C(=O)OCc3ccccc3)c(C[C@@H]3CCCN3C(=O)OCc3ccccc3)c3ccc(F)cc32)[C@H]1OC(C)=O.C[C@@H]1O[C@H](n2c(-c3[nH]c4cc(F)ccc4c3C[C@@H]3CCCN3C(=O)OCc3ccccc3)c(C[C@@H]3CCCN3C(=O)OCc3ccccc3)c3ccc(F)cc32)[C@@H](O)[C@H](O)[C@@H]1O. The molecule has 14 atom stereocenters. The highest BCUT2D eigenvalue weighted by molar-refractivity contribution is 5.99. The van der Waals surface area contributed by atoms with Gasteiger partial charge < -0.3 is 96.7 Å². The minimum atomic E-state index is -1.66. The van der Waals surface area contributed by atoms with Crippen molar-refractivity contribution in [2.24, 2.45) is 0 Å². The van der Waals surface area contributed by atoms with Gasteiger partial charge in [0.1, 0.15) is 68.0 Å². The van der Waals surface area contributed by atoms with Crippen molar-refractivity contribution in [3.8, 4) is 22.8 Å². The number of carbonyl (C=O) groups excluding carboxylic acids is 7. The topological polar surface area (TPSA) is 318 Å². The minimum absolute atomic E-state index is 0.0618. The highest BCUT2D eigenvalue weighted by Crippen LogP contribution is 2.50. The van der Waals surface area contributed by atoms with E-state index in [4.69, 9.17) is 42.6 Å². The number of carbonyl (C=O) groups is 7. The first-order chi connectivity index (χ1) is 64.3. The molecule has 6 aliphatic rings. The first-order valence-electron chi connectivity index (χ1n) is 45.3. The Balaban J connectivity index is 0.000000187. The van der Waals surface area contributed by atoms with Gasteiger partial charge in [-0.15, -0.1) is 0 Å². The number of likely N-dealkylation sites (tertiary alicyclic amines) is 4. The summed E-state index contributed by atoms with van der Waals surface area (Å²) in [4.78, 5) is 108. The van der Waals surface area contributed by atoms with Gasteiger partial charge in [0.25, 0.3) is 0 Å². The van der Waals surface area contributed by atoms with Gasteiger partial charge in [0.15, 0.2) is 30.8 Å². The number of aromatic amines is 2. The monoisotopic (exact) mass is 1820 g/mol. The maximum atomic E-state index is 16.0. The zero-order chi connectivity index (χ0) is 93.0. The lowest BCUT2D eigenvalue weighted by Gasteiger charge is -2.44. The van der Waals surface area contributed by atoms with Crippen molar-refractivity contribution >= 4 is 85.9 Å². The standard InChI is InChI=1S/C54H56F2N4O11.C48H50F2N4O8/c1-31-49(69-32(2)61)50(70-33(3)62)51(71-34(4)63)52(68-31)60-46-26-38(56)20-22-42(46)44(28-40-18-12-24-59(40)54(65)67-30-36-15-9-6-10-16-36)48(60)47-43(41-21-19-37(55)25-45(41)57-47)27-39-17-11-23-58(39)53(64)66-29-35-13-7-5-8-14-35;1-28-43(55)44(56)45(57)46(62-28)54-40-23-32(50)17-19-36(40)38(25-34-15-9-21-53(34)48(59)61-27-30-12-6-3-7-13-30)42(54)41-37(35-18-16-31(49)22-39(35)51-41)24-33-14-8-20-52(33)47(58)60-26-29-10-4-2-5-11-29/h5-10,13-16,19-22,25-26,31,39-40,49-52,57H,11-12,17-18,23-24,27-30H2,1-4H3;2-7,10-13,16-19,22-23,28,33-34,43-46,51,55-57H,8-9,14-15,20-21,24-27H2,1H3/t31-,39-,40-,49+,50+,51-,52-;28-,33-,34-,43+,44+,45-,46-/m00/s1. The summed E-state index contributed by atoms with van der Waals surface area (Å²) >= 11 is 0. The van der Waals surface area contributed by atoms with E-state index < -0.39 is 133 Å². The highest BCUT2D eigenvalue weighted by Gasteiger charge is 2.53. The fraction of sp³-hybridized carbons (Fsp3) is 0.382. The van der Waals surface area contributed by atoms with Crippen molar-refractivity contribution in [2.45, 2.75) is 224 Å². The summed E-state index contributed by atoms with van der Waals surface area (Å²) < 4.78 is 119. The number of halogens is 4. The summed E-state index contributed by atoms with van der Waals surface area (Å²) in [6, 6.07) is 53.6. The zero-order valence-electron chi connectivity index (χ0n) is 74.3. The maximum absolute atomic E-state index is 16.0. The molecule has 0 spiro atoms. The van der Waals surface area contributed by atoms with Crippen LogP contribution in [0.25, 0.3) is 66.4 Å². The lowest BCUT2D eigenvalue weighted by atomic mass is 9.94. The minimum Gasteiger partial charge on any atom is -0.456 e. The molecule has 6 aliphatic heterocycles. The molecule has 6 fully saturated rings. The van der Waals surface area contributed by atoms with Crippen molar-refractivity contribution in [1.29, 1.82) is 0 Å². The molecule has 6 saturated heterocycles. The van der Waals surface area contributed by atoms with Gasteiger partial charge in [-0.3, -0.25) is 14.4 Å². The number of ether oxygens (including phenoxy) is 9. The second-order valence-electron chi connectivity index (χ2n) is 35.1. The maximum Gasteiger partial charge on any atom is 0.410 e. The predicted octanol–water partition coefficient (Wildman–Crippen LogP) is 17.2. The van der Waals surface area contributed by atoms with Gasteiger partial charge in [-0.05, 0) is 208 Å². The number of rotatable bonds is 23. The predicted molar refractivity (Wildman–Crippen MR) is 482 cm³/mol. The molecule has 18 rings (SSSR count). The van der Waals surface area contributed by atoms with E-state index in [9.17, 15) is 48.9 Å². The number of nitrogens with one attached hydrogen (secondary N) is 2. The van der Waals surface area contributed by atoms with Gasteiger partial charge in [0, 0.05) is 104 Å². The normalized spacial score (nSPS) is 23.0. The van der Waals surface area contributed by atoms with E-state index in [2.05, 4.69) is 9.97 Å². The molecular formula is C102H106F4N8O19. The summed E-state index contributed by atoms with van der Waals surface area (Å²) in [7, 11) is 0. The average Bonchev–Trinajstić information content (AvgIpc) is 1.57. The van der Waals surface area contributed by atoms with E-state index in [0.29, 0.717) is 155 Å². The number of amides is 4. The Hall–Kier alpha value is -13.1. The van der Waals surface area contributed by atoms with Crippen LogP contribution >= 0.6 is 0 Å². The quantitative estimate of drug-likeness (QED) is 0.0226. The van der Waals surface area contributed by atoms with Crippen LogP contribution in [-0.2, 0) is 109 Å². The van der Waals surface area contributed by atoms with Gasteiger partial charge in [-0.25, -0.2) is 36.7 Å². The van der Waals surface area contributed by atoms with Crippen molar-refractivity contribution in [2.75, 3.05) is 26.2 Å². The third kappa shape index (κ3) is 19.8. The van der Waals surface area contributed by atoms with Crippen LogP contribution in [0.15, 0.2) is 194 Å². The molecule has 0 saturated carbocycles. The second-order valence-corrected chi connectivity index (χ2v) is 35.1. The molecule has 12 aromatic rings. The third-order valence-corrected chi connectivity index (χ3v) is 26.4. The number of aromatic nitrogens is 4. The molecule has 10 heterocycles. The van der Waals surface area contributed by atoms with Gasteiger partial charge in [0.05, 0.1) is 46.0 Å². The van der Waals surface area contributed by atoms with Crippen molar-refractivity contribution < 1.29 is 109 Å². The van der Waals surface area contributed by atoms with Crippen LogP contribution in [-0.4, -0.2) is 195 Å². The molecule has 133 heavy (non-hydrogen) atoms. The fourth-order valence-electron chi connectivity index (χ4n) is 20.2. The Morgan fingerprint density at radius 1 is 0.361 bits per heavy atom. The number of aliphatic hydroxyl groups excluding tert-OH is 3. The van der Waals surface area contributed by atoms with E-state index in [1.54, 1.807) is 66.8 Å². The molecule has 4 amide bonds. The molecule has 5 N–H and O–H groups in total. The van der Waals surface area contributed by atoms with Crippen LogP contribution in [0, 0.1) is 23.3 Å². The highest BCUT2D eigenvalue weighted by atomic mass is 19.1. The molecule has 0 unspecified atom stereocenters. The van der Waals surface area contributed by atoms with Gasteiger partial charge >= 0.3 is 42.3 Å². The summed E-state index contributed by atoms with van der Waals surface area (Å²) in [5.41, 5.74) is 9.51. The largest absolute Gasteiger partial charge is 0.456 e. The van der Waals surface area contributed by atoms with Crippen LogP contribution in [0.5, 0.6) is 0 Å². The molecule has 4 aromatic heterocycles. The van der Waals surface area contributed by atoms with Crippen LogP contribution in [0.3, 0.4) is 0 Å². The van der Waals surface area contributed by atoms with E-state index >= 15 is 17.6 Å².